The molecule has 2 amide bonds. The standard InChI is InChI=1S/C20H26N4O10/c1-10(25)31-9-13-16(32-11(2)26)17(33-12(3)27)20(34-13)24-19(30)15(28)14(21-22-24)18(29)23-7-5-4-6-8-23/h13-14,16-17,20H,4-9H2,1-3H3. The summed E-state index contributed by atoms with van der Waals surface area (Å²) in [5, 5.41) is 8.00. The Morgan fingerprint density at radius 3 is 2.15 bits per heavy atom. The van der Waals surface area contributed by atoms with E-state index in [1.165, 1.54) is 4.90 Å². The number of piperidine rings is 1. The Kier molecular flexibility index (Phi) is 7.91. The Balaban J connectivity index is 1.85. The van der Waals surface area contributed by atoms with Crippen molar-refractivity contribution in [2.24, 2.45) is 10.3 Å². The highest BCUT2D eigenvalue weighted by Gasteiger charge is 2.55. The van der Waals surface area contributed by atoms with Crippen LogP contribution in [-0.4, -0.2) is 95.7 Å². The Hall–Kier alpha value is -3.42. The van der Waals surface area contributed by atoms with E-state index in [1.807, 2.05) is 0 Å². The van der Waals surface area contributed by atoms with Crippen LogP contribution in [0.1, 0.15) is 40.0 Å². The number of hydrogen-bond donors (Lipinski definition) is 0. The summed E-state index contributed by atoms with van der Waals surface area (Å²) in [5.74, 6) is -5.15. The van der Waals surface area contributed by atoms with Crippen LogP contribution in [0.3, 0.4) is 0 Å². The van der Waals surface area contributed by atoms with Crippen molar-refractivity contribution in [3.8, 4) is 0 Å². The number of carbonyl (C=O) groups excluding carboxylic acids is 6. The molecule has 0 aliphatic carbocycles. The number of amides is 2. The second-order valence-corrected chi connectivity index (χ2v) is 8.02. The first-order chi connectivity index (χ1) is 16.1. The van der Waals surface area contributed by atoms with Crippen molar-refractivity contribution in [1.82, 2.24) is 9.91 Å². The second kappa shape index (κ2) is 10.7. The van der Waals surface area contributed by atoms with E-state index in [-0.39, 0.29) is 0 Å². The van der Waals surface area contributed by atoms with Crippen molar-refractivity contribution < 1.29 is 47.7 Å². The quantitative estimate of drug-likeness (QED) is 0.204. The van der Waals surface area contributed by atoms with Gasteiger partial charge in [-0.3, -0.25) is 28.8 Å². The molecule has 3 aliphatic heterocycles. The Morgan fingerprint density at radius 2 is 1.56 bits per heavy atom. The van der Waals surface area contributed by atoms with Gasteiger partial charge in [-0.15, -0.1) is 5.11 Å². The number of carbonyl (C=O) groups is 6. The van der Waals surface area contributed by atoms with Gasteiger partial charge in [0.1, 0.15) is 12.7 Å². The van der Waals surface area contributed by atoms with Crippen LogP contribution in [0.5, 0.6) is 0 Å². The van der Waals surface area contributed by atoms with Crippen LogP contribution in [0, 0.1) is 0 Å². The third-order valence-electron chi connectivity index (χ3n) is 5.41. The van der Waals surface area contributed by atoms with Gasteiger partial charge in [-0.05, 0) is 19.3 Å². The smallest absolute Gasteiger partial charge is 0.316 e. The molecule has 0 aromatic rings. The van der Waals surface area contributed by atoms with E-state index in [0.29, 0.717) is 18.1 Å². The van der Waals surface area contributed by atoms with Gasteiger partial charge < -0.3 is 23.8 Å². The predicted molar refractivity (Wildman–Crippen MR) is 107 cm³/mol. The van der Waals surface area contributed by atoms with E-state index >= 15 is 0 Å². The molecule has 3 aliphatic rings. The average Bonchev–Trinajstić information content (AvgIpc) is 3.10. The molecule has 3 rings (SSSR count). The molecule has 14 heteroatoms. The van der Waals surface area contributed by atoms with Gasteiger partial charge in [0.05, 0.1) is 0 Å². The van der Waals surface area contributed by atoms with Gasteiger partial charge in [0.15, 0.2) is 18.4 Å². The van der Waals surface area contributed by atoms with Crippen molar-refractivity contribution in [1.29, 1.82) is 0 Å². The third kappa shape index (κ3) is 5.55. The predicted octanol–water partition coefficient (Wildman–Crippen LogP) is -0.703. The van der Waals surface area contributed by atoms with Gasteiger partial charge in [-0.2, -0.15) is 5.01 Å². The van der Waals surface area contributed by atoms with Crippen molar-refractivity contribution in [2.75, 3.05) is 19.7 Å². The largest absolute Gasteiger partial charge is 0.463 e. The van der Waals surface area contributed by atoms with E-state index in [1.54, 1.807) is 0 Å². The third-order valence-corrected chi connectivity index (χ3v) is 5.41. The van der Waals surface area contributed by atoms with Crippen LogP contribution in [0.15, 0.2) is 10.3 Å². The minimum atomic E-state index is -1.61. The lowest BCUT2D eigenvalue weighted by molar-refractivity contribution is -0.175. The zero-order valence-electron chi connectivity index (χ0n) is 19.0. The van der Waals surface area contributed by atoms with E-state index in [9.17, 15) is 28.8 Å². The highest BCUT2D eigenvalue weighted by molar-refractivity contribution is 6.42. The number of esters is 3. The number of rotatable bonds is 6. The number of ketones is 1. The lowest BCUT2D eigenvalue weighted by Gasteiger charge is -2.32. The second-order valence-electron chi connectivity index (χ2n) is 8.02. The zero-order valence-corrected chi connectivity index (χ0v) is 19.0. The van der Waals surface area contributed by atoms with Crippen LogP contribution in [0.2, 0.25) is 0 Å². The molecule has 5 unspecified atom stereocenters. The van der Waals surface area contributed by atoms with Crippen molar-refractivity contribution >= 4 is 35.5 Å². The number of Topliss-reactive ketones (excluding diaryl/α,β-unsaturated/α-hetero) is 1. The number of hydrogen-bond acceptors (Lipinski definition) is 12. The van der Waals surface area contributed by atoms with Crippen LogP contribution in [0.4, 0.5) is 0 Å². The molecule has 2 fully saturated rings. The Bertz CT molecular complexity index is 900. The Labute approximate surface area is 194 Å². The van der Waals surface area contributed by atoms with Gasteiger partial charge >= 0.3 is 23.8 Å². The summed E-state index contributed by atoms with van der Waals surface area (Å²) in [6.45, 7) is 3.85. The van der Waals surface area contributed by atoms with Crippen LogP contribution in [0.25, 0.3) is 0 Å². The number of ether oxygens (including phenoxy) is 4. The van der Waals surface area contributed by atoms with Crippen molar-refractivity contribution in [2.45, 2.75) is 70.6 Å². The summed E-state index contributed by atoms with van der Waals surface area (Å²) in [4.78, 5) is 74.4. The molecule has 0 aromatic carbocycles. The lowest BCUT2D eigenvalue weighted by Crippen LogP contribution is -2.55. The lowest BCUT2D eigenvalue weighted by atomic mass is 10.1. The molecule has 5 atom stereocenters. The SMILES string of the molecule is CC(=O)OCC1OC(N2N=NC(C(=O)N3CCCCC3)C(=O)C2=O)C(OC(C)=O)C1OC(C)=O. The topological polar surface area (TPSA) is 171 Å². The van der Waals surface area contributed by atoms with E-state index < -0.39 is 72.7 Å². The van der Waals surface area contributed by atoms with E-state index in [4.69, 9.17) is 18.9 Å². The van der Waals surface area contributed by atoms with Gasteiger partial charge in [0.2, 0.25) is 6.04 Å². The summed E-state index contributed by atoms with van der Waals surface area (Å²) in [6.07, 6.45) is -2.84. The van der Waals surface area contributed by atoms with Crippen molar-refractivity contribution in [3.05, 3.63) is 0 Å². The molecule has 0 spiro atoms. The van der Waals surface area contributed by atoms with Gasteiger partial charge in [0, 0.05) is 33.9 Å². The minimum absolute atomic E-state index is 0.398. The van der Waals surface area contributed by atoms with Crippen molar-refractivity contribution in [3.63, 3.8) is 0 Å². The molecule has 34 heavy (non-hydrogen) atoms. The first-order valence-corrected chi connectivity index (χ1v) is 10.8. The van der Waals surface area contributed by atoms with Crippen LogP contribution >= 0.6 is 0 Å². The normalized spacial score (nSPS) is 29.1. The number of likely N-dealkylation sites (tertiary alicyclic amines) is 1. The maximum absolute atomic E-state index is 12.9. The summed E-state index contributed by atoms with van der Waals surface area (Å²) < 4.78 is 21.0. The summed E-state index contributed by atoms with van der Waals surface area (Å²) in [5.41, 5.74) is 0. The molecule has 0 N–H and O–H groups in total. The molecule has 0 radical (unpaired) electrons. The molecule has 186 valence electrons. The molecule has 2 saturated heterocycles. The monoisotopic (exact) mass is 482 g/mol. The zero-order chi connectivity index (χ0) is 25.0. The minimum Gasteiger partial charge on any atom is -0.463 e. The molecule has 0 aromatic heterocycles. The molecule has 3 heterocycles. The average molecular weight is 482 g/mol. The van der Waals surface area contributed by atoms with Crippen LogP contribution < -0.4 is 0 Å². The maximum Gasteiger partial charge on any atom is 0.316 e. The van der Waals surface area contributed by atoms with Gasteiger partial charge in [0.25, 0.3) is 11.7 Å². The van der Waals surface area contributed by atoms with E-state index in [2.05, 4.69) is 10.3 Å². The fraction of sp³-hybridized carbons (Fsp3) is 0.700. The van der Waals surface area contributed by atoms with Gasteiger partial charge in [-0.25, -0.2) is 0 Å². The van der Waals surface area contributed by atoms with Gasteiger partial charge in [-0.1, -0.05) is 5.22 Å². The molecule has 14 nitrogen and oxygen atoms in total. The summed E-state index contributed by atoms with van der Waals surface area (Å²) >= 11 is 0. The maximum atomic E-state index is 12.9. The first kappa shape index (κ1) is 25.2. The Morgan fingerprint density at radius 1 is 0.941 bits per heavy atom. The molecule has 0 bridgehead atoms. The van der Waals surface area contributed by atoms with E-state index in [0.717, 1.165) is 40.0 Å². The first-order valence-electron chi connectivity index (χ1n) is 10.8. The molecular formula is C20H26N4O10. The highest BCUT2D eigenvalue weighted by Crippen LogP contribution is 2.32. The highest BCUT2D eigenvalue weighted by atomic mass is 16.7. The van der Waals surface area contributed by atoms with Crippen LogP contribution in [-0.2, 0) is 47.7 Å². The molecular weight excluding hydrogens is 456 g/mol. The fourth-order valence-corrected chi connectivity index (χ4v) is 3.94. The summed E-state index contributed by atoms with van der Waals surface area (Å²) in [7, 11) is 0. The molecule has 0 saturated carbocycles. The number of nitrogens with zero attached hydrogens (tertiary/aromatic N) is 4. The summed E-state index contributed by atoms with van der Waals surface area (Å²) in [6, 6.07) is -1.61. The fourth-order valence-electron chi connectivity index (χ4n) is 3.94.